The number of hydrogen-bond acceptors (Lipinski definition) is 18. The van der Waals surface area contributed by atoms with Gasteiger partial charge in [0.05, 0.1) is 42.6 Å². The summed E-state index contributed by atoms with van der Waals surface area (Å²) in [4.78, 5) is 54.4. The van der Waals surface area contributed by atoms with E-state index in [1.165, 1.54) is 26.2 Å². The van der Waals surface area contributed by atoms with Crippen molar-refractivity contribution < 1.29 is 88.8 Å². The molecule has 11 unspecified atom stereocenters. The Balaban J connectivity index is 1.36. The SMILES string of the molecule is COc1cc(O)c2c(c1)C(=O)c1c(cc3c(c1O)-c1c(cc(C)c(C(=O)NCC(=O)O)c1O)C(OC1OC(C)C(N(C)C)C(OC4OCC(O)C(O)C4O)C1O)C3O)C2=O. The van der Waals surface area contributed by atoms with Crippen LogP contribution in [-0.2, 0) is 23.7 Å². The highest BCUT2D eigenvalue weighted by Gasteiger charge is 2.52. The Morgan fingerprint density at radius 1 is 0.833 bits per heavy atom. The van der Waals surface area contributed by atoms with Crippen LogP contribution in [0.25, 0.3) is 11.1 Å². The van der Waals surface area contributed by atoms with Crippen molar-refractivity contribution in [3.05, 3.63) is 68.8 Å². The van der Waals surface area contributed by atoms with E-state index in [0.29, 0.717) is 0 Å². The molecule has 0 radical (unpaired) electrons. The highest BCUT2D eigenvalue weighted by molar-refractivity contribution is 6.31. The minimum absolute atomic E-state index is 0.0176. The van der Waals surface area contributed by atoms with Crippen LogP contribution in [-0.4, -0.2) is 164 Å². The number of rotatable bonds is 9. The fourth-order valence-electron chi connectivity index (χ4n) is 8.51. The van der Waals surface area contributed by atoms with Crippen LogP contribution in [0.4, 0.5) is 0 Å². The maximum absolute atomic E-state index is 14.1. The van der Waals surface area contributed by atoms with E-state index >= 15 is 0 Å². The van der Waals surface area contributed by atoms with E-state index in [1.54, 1.807) is 25.9 Å². The van der Waals surface area contributed by atoms with Gasteiger partial charge in [-0.25, -0.2) is 0 Å². The minimum atomic E-state index is -1.89. The number of aliphatic hydroxyl groups excluding tert-OH is 5. The lowest BCUT2D eigenvalue weighted by Crippen LogP contribution is -2.65. The van der Waals surface area contributed by atoms with Crippen molar-refractivity contribution in [2.24, 2.45) is 0 Å². The van der Waals surface area contributed by atoms with Crippen LogP contribution in [0.2, 0.25) is 0 Å². The number of aliphatic carboxylic acids is 1. The molecule has 3 aromatic carbocycles. The molecule has 2 heterocycles. The number of aryl methyl sites for hydroxylation is 1. The van der Waals surface area contributed by atoms with Crippen molar-refractivity contribution in [3.8, 4) is 34.1 Å². The number of ketones is 2. The zero-order valence-electron chi connectivity index (χ0n) is 32.7. The molecule has 2 fully saturated rings. The number of ether oxygens (including phenoxy) is 5. The number of aliphatic hydroxyl groups is 5. The number of carboxylic acids is 1. The summed E-state index contributed by atoms with van der Waals surface area (Å²) in [5, 5.41) is 101. The Kier molecular flexibility index (Phi) is 11.4. The third-order valence-corrected chi connectivity index (χ3v) is 11.3. The molecule has 1 amide bonds. The Labute approximate surface area is 340 Å². The summed E-state index contributed by atoms with van der Waals surface area (Å²) in [7, 11) is 4.59. The molecular formula is C40H44N2O18. The van der Waals surface area contributed by atoms with Crippen LogP contribution >= 0.6 is 0 Å². The van der Waals surface area contributed by atoms with Crippen LogP contribution < -0.4 is 10.1 Å². The van der Waals surface area contributed by atoms with Gasteiger partial charge in [-0.15, -0.1) is 0 Å². The van der Waals surface area contributed by atoms with Gasteiger partial charge in [-0.3, -0.25) is 19.2 Å². The van der Waals surface area contributed by atoms with Gasteiger partial charge in [0.1, 0.15) is 72.3 Å². The normalized spacial score (nSPS) is 29.6. The van der Waals surface area contributed by atoms with Gasteiger partial charge in [0.25, 0.3) is 5.91 Å². The van der Waals surface area contributed by atoms with E-state index in [9.17, 15) is 65.1 Å². The van der Waals surface area contributed by atoms with Crippen LogP contribution in [0.5, 0.6) is 23.0 Å². The number of carboxylic acid groups (broad SMARTS) is 1. The predicted octanol–water partition coefficient (Wildman–Crippen LogP) is -0.658. The molecule has 10 N–H and O–H groups in total. The number of carbonyl (C=O) groups excluding carboxylic acids is 3. The number of hydrogen-bond donors (Lipinski definition) is 10. The van der Waals surface area contributed by atoms with Crippen LogP contribution in [0, 0.1) is 6.92 Å². The Bertz CT molecular complexity index is 2280. The molecular weight excluding hydrogens is 796 g/mol. The lowest BCUT2D eigenvalue weighted by molar-refractivity contribution is -0.345. The van der Waals surface area contributed by atoms with Crippen LogP contribution in [0.15, 0.2) is 24.3 Å². The number of fused-ring (bicyclic) bond motifs is 5. The standard InChI is InChI=1S/C40H44N2O18/c1-12-6-18-25(32(51)22(12)38(55)41-10-21(45)46)24-16(9-17-26(33(24)52)29(48)15-7-14(56-5)8-19(43)23(15)28(17)47)30(49)36(18)59-40-35(54)37(27(42(3)4)13(2)58-40)60-39-34(53)31(50)20(44)11-57-39/h6-9,13,20,27,30-31,34-37,39-40,43-44,49-54H,10-11H2,1-5H3,(H,41,55)(H,45,46). The number of amides is 1. The molecule has 0 aromatic heterocycles. The van der Waals surface area contributed by atoms with Gasteiger partial charge >= 0.3 is 5.97 Å². The first-order chi connectivity index (χ1) is 28.3. The zero-order valence-corrected chi connectivity index (χ0v) is 32.7. The zero-order chi connectivity index (χ0) is 43.8. The fourth-order valence-corrected chi connectivity index (χ4v) is 8.51. The monoisotopic (exact) mass is 840 g/mol. The minimum Gasteiger partial charge on any atom is -0.507 e. The third-order valence-electron chi connectivity index (χ3n) is 11.3. The number of phenolic OH excluding ortho intramolecular Hbond substituents is 3. The molecule has 0 saturated carbocycles. The van der Waals surface area contributed by atoms with E-state index < -0.39 is 149 Å². The molecule has 0 spiro atoms. The van der Waals surface area contributed by atoms with Crippen molar-refractivity contribution in [1.82, 2.24) is 10.2 Å². The Hall–Kier alpha value is -5.26. The second kappa shape index (κ2) is 16.0. The Morgan fingerprint density at radius 3 is 2.13 bits per heavy atom. The van der Waals surface area contributed by atoms with E-state index in [0.717, 1.165) is 12.1 Å². The van der Waals surface area contributed by atoms with Gasteiger partial charge in [0, 0.05) is 28.3 Å². The molecule has 60 heavy (non-hydrogen) atoms. The summed E-state index contributed by atoms with van der Waals surface area (Å²) < 4.78 is 29.2. The summed E-state index contributed by atoms with van der Waals surface area (Å²) in [5.41, 5.74) is -3.32. The van der Waals surface area contributed by atoms with Gasteiger partial charge in [0.2, 0.25) is 0 Å². The molecule has 7 rings (SSSR count). The van der Waals surface area contributed by atoms with E-state index in [2.05, 4.69) is 5.32 Å². The summed E-state index contributed by atoms with van der Waals surface area (Å²) >= 11 is 0. The summed E-state index contributed by atoms with van der Waals surface area (Å²) in [5.74, 6) is -6.61. The molecule has 11 atom stereocenters. The average Bonchev–Trinajstić information content (AvgIpc) is 3.18. The largest absolute Gasteiger partial charge is 0.507 e. The molecule has 322 valence electrons. The molecule has 3 aromatic rings. The van der Waals surface area contributed by atoms with Gasteiger partial charge in [-0.1, -0.05) is 6.07 Å². The molecule has 2 aliphatic carbocycles. The highest BCUT2D eigenvalue weighted by atomic mass is 16.7. The van der Waals surface area contributed by atoms with Crippen LogP contribution in [0.3, 0.4) is 0 Å². The maximum Gasteiger partial charge on any atom is 0.322 e. The lowest BCUT2D eigenvalue weighted by Gasteiger charge is -2.49. The van der Waals surface area contributed by atoms with Crippen molar-refractivity contribution in [3.63, 3.8) is 0 Å². The molecule has 0 bridgehead atoms. The molecule has 2 aliphatic heterocycles. The van der Waals surface area contributed by atoms with Crippen molar-refractivity contribution in [2.75, 3.05) is 34.4 Å². The van der Waals surface area contributed by atoms with Gasteiger partial charge in [-0.2, -0.15) is 0 Å². The quantitative estimate of drug-likeness (QED) is 0.100. The predicted molar refractivity (Wildman–Crippen MR) is 201 cm³/mol. The molecule has 20 nitrogen and oxygen atoms in total. The van der Waals surface area contributed by atoms with Crippen molar-refractivity contribution in [1.29, 1.82) is 0 Å². The summed E-state index contributed by atoms with van der Waals surface area (Å²) in [6, 6.07) is 3.92. The smallest absolute Gasteiger partial charge is 0.322 e. The lowest BCUT2D eigenvalue weighted by atomic mass is 9.74. The van der Waals surface area contributed by atoms with E-state index in [4.69, 9.17) is 23.7 Å². The average molecular weight is 841 g/mol. The van der Waals surface area contributed by atoms with Gasteiger partial charge in [0.15, 0.2) is 24.1 Å². The maximum atomic E-state index is 14.1. The first-order valence-electron chi connectivity index (χ1n) is 18.7. The van der Waals surface area contributed by atoms with E-state index in [1.807, 2.05) is 0 Å². The third kappa shape index (κ3) is 6.93. The van der Waals surface area contributed by atoms with Crippen molar-refractivity contribution in [2.45, 2.75) is 81.3 Å². The van der Waals surface area contributed by atoms with Crippen LogP contribution in [0.1, 0.15) is 78.0 Å². The number of phenols is 3. The number of nitrogens with one attached hydrogen (secondary N) is 1. The first kappa shape index (κ1) is 42.8. The van der Waals surface area contributed by atoms with E-state index in [-0.39, 0.29) is 33.6 Å². The number of aromatic hydroxyl groups is 3. The number of nitrogens with zero attached hydrogens (tertiary/aromatic N) is 1. The highest BCUT2D eigenvalue weighted by Crippen LogP contribution is 2.57. The number of carbonyl (C=O) groups is 4. The number of likely N-dealkylation sites (N-methyl/N-ethyl adjacent to an activating group) is 1. The molecule has 20 heteroatoms. The summed E-state index contributed by atoms with van der Waals surface area (Å²) in [6.45, 7) is 1.77. The topological polar surface area (TPSA) is 312 Å². The first-order valence-corrected chi connectivity index (χ1v) is 18.7. The molecule has 4 aliphatic rings. The fraction of sp³-hybridized carbons (Fsp3) is 0.450. The Morgan fingerprint density at radius 2 is 1.48 bits per heavy atom. The second-order valence-corrected chi connectivity index (χ2v) is 15.3. The summed E-state index contributed by atoms with van der Waals surface area (Å²) in [6.07, 6.45) is -15.5. The second-order valence-electron chi connectivity index (χ2n) is 15.3. The van der Waals surface area contributed by atoms with Crippen molar-refractivity contribution >= 4 is 23.4 Å². The number of benzene rings is 3. The van der Waals surface area contributed by atoms with Gasteiger partial charge in [-0.05, 0) is 56.8 Å². The molecule has 2 saturated heterocycles. The number of methoxy groups -OCH3 is 1. The van der Waals surface area contributed by atoms with Gasteiger partial charge < -0.3 is 79.9 Å².